The van der Waals surface area contributed by atoms with E-state index >= 15 is 0 Å². The number of H-pyrrole nitrogens is 1. The predicted octanol–water partition coefficient (Wildman–Crippen LogP) is 7.56. The van der Waals surface area contributed by atoms with Gasteiger partial charge in [-0.25, -0.2) is 0 Å². The minimum atomic E-state index is -0.0493. The molecule has 196 valence electrons. The first-order valence-electron chi connectivity index (χ1n) is 13.0. The Morgan fingerprint density at radius 3 is 2.78 bits per heavy atom. The van der Waals surface area contributed by atoms with Gasteiger partial charge in [0, 0.05) is 23.1 Å². The number of carbonyl (C=O) groups excluding carboxylic acids is 1. The number of allylic oxidation sites excluding steroid dienone is 8. The van der Waals surface area contributed by atoms with Crippen molar-refractivity contribution in [3.8, 4) is 0 Å². The highest BCUT2D eigenvalue weighted by atomic mass is 16.5. The zero-order valence-corrected chi connectivity index (χ0v) is 22.7. The van der Waals surface area contributed by atoms with Gasteiger partial charge in [0.15, 0.2) is 0 Å². The second kappa shape index (κ2) is 13.5. The molecule has 37 heavy (non-hydrogen) atoms. The van der Waals surface area contributed by atoms with Gasteiger partial charge >= 0.3 is 0 Å². The number of hydrogen-bond donors (Lipinski definition) is 2. The number of aliphatic hydroxyl groups is 1. The van der Waals surface area contributed by atoms with Gasteiger partial charge in [-0.3, -0.25) is 4.79 Å². The summed E-state index contributed by atoms with van der Waals surface area (Å²) in [6, 6.07) is 6.53. The monoisotopic (exact) mass is 500 g/mol. The fraction of sp³-hybridized carbons (Fsp3) is 0.344. The van der Waals surface area contributed by atoms with Crippen LogP contribution in [-0.4, -0.2) is 35.1 Å². The number of fused-ring (bicyclic) bond motifs is 3. The molecule has 0 radical (unpaired) electrons. The van der Waals surface area contributed by atoms with Crippen LogP contribution < -0.4 is 0 Å². The van der Waals surface area contributed by atoms with Crippen molar-refractivity contribution in [2.75, 3.05) is 13.7 Å². The lowest BCUT2D eigenvalue weighted by atomic mass is 9.97. The molecule has 0 bridgehead atoms. The Balaban J connectivity index is 0.000000325. The maximum absolute atomic E-state index is 11.9. The molecule has 0 saturated carbocycles. The summed E-state index contributed by atoms with van der Waals surface area (Å²) in [5.41, 5.74) is 7.60. The molecule has 1 aromatic carbocycles. The molecule has 1 aliphatic heterocycles. The van der Waals surface area contributed by atoms with Crippen LogP contribution in [0.25, 0.3) is 10.9 Å². The third kappa shape index (κ3) is 7.16. The van der Waals surface area contributed by atoms with Crippen molar-refractivity contribution < 1.29 is 14.6 Å². The van der Waals surface area contributed by atoms with E-state index in [1.165, 1.54) is 45.1 Å². The number of aromatic amines is 1. The number of nitrogens with one attached hydrogen (secondary N) is 1. The second-order valence-electron chi connectivity index (χ2n) is 9.74. The van der Waals surface area contributed by atoms with Gasteiger partial charge in [-0.15, -0.1) is 0 Å². The van der Waals surface area contributed by atoms with E-state index in [4.69, 9.17) is 5.11 Å². The largest absolute Gasteiger partial charge is 0.508 e. The first-order chi connectivity index (χ1) is 17.9. The maximum Gasteiger partial charge on any atom is 0.210 e. The van der Waals surface area contributed by atoms with Gasteiger partial charge in [-0.2, -0.15) is 0 Å². The van der Waals surface area contributed by atoms with Crippen molar-refractivity contribution in [1.82, 2.24) is 9.88 Å². The smallest absolute Gasteiger partial charge is 0.210 e. The highest BCUT2D eigenvalue weighted by molar-refractivity contribution is 5.86. The summed E-state index contributed by atoms with van der Waals surface area (Å²) in [6.07, 6.45) is 20.9. The molecule has 2 aliphatic rings. The number of nitrogens with zero attached hydrogens (tertiary/aromatic N) is 1. The molecule has 1 unspecified atom stereocenters. The summed E-state index contributed by atoms with van der Waals surface area (Å²) >= 11 is 0. The number of methoxy groups -OCH3 is 1. The number of hydrogen-bond acceptors (Lipinski definition) is 3. The Bertz CT molecular complexity index is 1250. The second-order valence-corrected chi connectivity index (χ2v) is 9.74. The maximum atomic E-state index is 11.9. The number of aliphatic hydroxyl groups excluding tert-OH is 1. The highest BCUT2D eigenvalue weighted by Crippen LogP contribution is 2.38. The van der Waals surface area contributed by atoms with Gasteiger partial charge < -0.3 is 19.7 Å². The fourth-order valence-electron chi connectivity index (χ4n) is 4.80. The Hall–Kier alpha value is -3.73. The van der Waals surface area contributed by atoms with E-state index in [1.54, 1.807) is 31.4 Å². The number of carbonyl (C=O) groups is 1. The summed E-state index contributed by atoms with van der Waals surface area (Å²) in [7, 11) is 1.55. The summed E-state index contributed by atoms with van der Waals surface area (Å²) < 4.78 is 4.61. The highest BCUT2D eigenvalue weighted by Gasteiger charge is 2.30. The van der Waals surface area contributed by atoms with Crippen LogP contribution in [0.3, 0.4) is 0 Å². The standard InChI is InChI=1S/C24H28N2O.C8H12O2/c1-16(2)18-6-4-7-19(11-10-18)24-23-20(8-5-13-26(24)15-27)21-14-17(3)9-12-22(21)25-23;1-3-5-8(9)6-4-7-10-2/h4,7,9-12,14-16,24-25H,5-6,8,13H2,1-3H3;3-7,9H,1-2H3/b;5-3-,7-4+,8-6+. The molecule has 0 saturated heterocycles. The van der Waals surface area contributed by atoms with E-state index < -0.39 is 0 Å². The molecule has 1 atom stereocenters. The van der Waals surface area contributed by atoms with Gasteiger partial charge in [-0.05, 0) is 80.5 Å². The lowest BCUT2D eigenvalue weighted by Crippen LogP contribution is -2.28. The Morgan fingerprint density at radius 1 is 1.27 bits per heavy atom. The molecule has 2 heterocycles. The van der Waals surface area contributed by atoms with E-state index in [2.05, 4.69) is 73.0 Å². The Kier molecular flexibility index (Phi) is 10.2. The lowest BCUT2D eigenvalue weighted by molar-refractivity contribution is -0.119. The zero-order valence-electron chi connectivity index (χ0n) is 22.7. The van der Waals surface area contributed by atoms with Gasteiger partial charge in [-0.1, -0.05) is 61.4 Å². The molecule has 5 heteroatoms. The molecule has 0 fully saturated rings. The van der Waals surface area contributed by atoms with Crippen molar-refractivity contribution in [3.63, 3.8) is 0 Å². The third-order valence-electron chi connectivity index (χ3n) is 6.71. The molecular weight excluding hydrogens is 460 g/mol. The van der Waals surface area contributed by atoms with Crippen molar-refractivity contribution in [1.29, 1.82) is 0 Å². The minimum absolute atomic E-state index is 0.0493. The molecule has 1 amide bonds. The number of aryl methyl sites for hydroxylation is 2. The molecule has 2 aromatic rings. The zero-order chi connectivity index (χ0) is 26.8. The van der Waals surface area contributed by atoms with Crippen LogP contribution >= 0.6 is 0 Å². The SMILES string of the molecule is C\C=C/C(O)=C\C=C\OC.Cc1ccc2[nH]c3c(c2c1)CCCN(C=O)C3C1=CC=C(C(C)C)CC=C1. The van der Waals surface area contributed by atoms with Crippen molar-refractivity contribution in [2.24, 2.45) is 5.92 Å². The molecule has 4 rings (SSSR count). The van der Waals surface area contributed by atoms with E-state index in [1.807, 2.05) is 11.8 Å². The Labute approximate surface area is 221 Å². The molecular formula is C32H40N2O3. The summed E-state index contributed by atoms with van der Waals surface area (Å²) in [5.74, 6) is 0.754. The molecule has 0 spiro atoms. The molecule has 1 aromatic heterocycles. The quantitative estimate of drug-likeness (QED) is 0.244. The Morgan fingerprint density at radius 2 is 2.08 bits per heavy atom. The summed E-state index contributed by atoms with van der Waals surface area (Å²) in [6.45, 7) is 9.24. The van der Waals surface area contributed by atoms with Gasteiger partial charge in [0.2, 0.25) is 6.41 Å². The molecule has 1 aliphatic carbocycles. The summed E-state index contributed by atoms with van der Waals surface area (Å²) in [4.78, 5) is 17.6. The van der Waals surface area contributed by atoms with Gasteiger partial charge in [0.05, 0.1) is 19.4 Å². The fourth-order valence-corrected chi connectivity index (χ4v) is 4.80. The number of ether oxygens (including phenoxy) is 1. The van der Waals surface area contributed by atoms with E-state index in [9.17, 15) is 4.79 Å². The van der Waals surface area contributed by atoms with Gasteiger partial charge in [0.25, 0.3) is 0 Å². The lowest BCUT2D eigenvalue weighted by Gasteiger charge is -2.27. The van der Waals surface area contributed by atoms with Crippen LogP contribution in [0.4, 0.5) is 0 Å². The van der Waals surface area contributed by atoms with Crippen LogP contribution in [0, 0.1) is 12.8 Å². The van der Waals surface area contributed by atoms with E-state index in [0.717, 1.165) is 32.2 Å². The molecule has 5 nitrogen and oxygen atoms in total. The van der Waals surface area contributed by atoms with Crippen LogP contribution in [0.2, 0.25) is 0 Å². The van der Waals surface area contributed by atoms with Crippen molar-refractivity contribution in [3.05, 3.63) is 107 Å². The number of rotatable bonds is 6. The first-order valence-corrected chi connectivity index (χ1v) is 13.0. The van der Waals surface area contributed by atoms with Crippen molar-refractivity contribution >= 4 is 17.3 Å². The number of benzene rings is 1. The van der Waals surface area contributed by atoms with Crippen LogP contribution in [0.15, 0.2) is 90.0 Å². The van der Waals surface area contributed by atoms with Gasteiger partial charge in [0.1, 0.15) is 5.76 Å². The predicted molar refractivity (Wildman–Crippen MR) is 153 cm³/mol. The van der Waals surface area contributed by atoms with Crippen LogP contribution in [0.1, 0.15) is 56.5 Å². The minimum Gasteiger partial charge on any atom is -0.508 e. The van der Waals surface area contributed by atoms with Crippen LogP contribution in [-0.2, 0) is 16.0 Å². The first kappa shape index (κ1) is 27.9. The van der Waals surface area contributed by atoms with E-state index in [0.29, 0.717) is 5.92 Å². The summed E-state index contributed by atoms with van der Waals surface area (Å²) in [5, 5.41) is 10.2. The number of amides is 1. The van der Waals surface area contributed by atoms with E-state index in [-0.39, 0.29) is 11.8 Å². The number of aromatic nitrogens is 1. The normalized spacial score (nSPS) is 18.3. The average molecular weight is 501 g/mol. The molecule has 2 N–H and O–H groups in total. The van der Waals surface area contributed by atoms with Crippen LogP contribution in [0.5, 0.6) is 0 Å². The third-order valence-corrected chi connectivity index (χ3v) is 6.71. The average Bonchev–Trinajstić information content (AvgIpc) is 3.02. The topological polar surface area (TPSA) is 65.6 Å². The van der Waals surface area contributed by atoms with Crippen molar-refractivity contribution in [2.45, 2.75) is 53.0 Å².